The Labute approximate surface area is 119 Å². The monoisotopic (exact) mass is 299 g/mol. The van der Waals surface area contributed by atoms with Gasteiger partial charge in [0, 0.05) is 5.56 Å². The molecule has 0 spiro atoms. The van der Waals surface area contributed by atoms with Gasteiger partial charge in [-0.2, -0.15) is 0 Å². The first-order chi connectivity index (χ1) is 9.89. The van der Waals surface area contributed by atoms with Crippen LogP contribution in [0.1, 0.15) is 5.56 Å². The van der Waals surface area contributed by atoms with Gasteiger partial charge in [-0.1, -0.05) is 18.2 Å². The van der Waals surface area contributed by atoms with Crippen LogP contribution in [0.15, 0.2) is 42.5 Å². The summed E-state index contributed by atoms with van der Waals surface area (Å²) in [6.07, 6.45) is -4.22. The van der Waals surface area contributed by atoms with Crippen LogP contribution in [0.25, 0.3) is 11.1 Å². The quantitative estimate of drug-likeness (QED) is 0.869. The third-order valence-corrected chi connectivity index (χ3v) is 2.84. The standard InChI is InChI=1S/C15H13F4NO/c16-14-5-4-10(6-7-20)8-13(14)11-2-1-3-12(9-11)21-15(17,18)19/h1-5,8-9H,6-7,20H2. The first kappa shape index (κ1) is 15.3. The van der Waals surface area contributed by atoms with Gasteiger partial charge in [0.25, 0.3) is 0 Å². The summed E-state index contributed by atoms with van der Waals surface area (Å²) in [4.78, 5) is 0. The Bertz CT molecular complexity index is 625. The summed E-state index contributed by atoms with van der Waals surface area (Å²) in [5, 5.41) is 0. The number of hydrogen-bond donors (Lipinski definition) is 1. The molecule has 0 atom stereocenters. The summed E-state index contributed by atoms with van der Waals surface area (Å²) < 4.78 is 54.3. The van der Waals surface area contributed by atoms with E-state index in [2.05, 4.69) is 4.74 Å². The molecule has 2 rings (SSSR count). The smallest absolute Gasteiger partial charge is 0.406 e. The molecule has 0 saturated carbocycles. The molecule has 6 heteroatoms. The van der Waals surface area contributed by atoms with Gasteiger partial charge in [0.15, 0.2) is 0 Å². The van der Waals surface area contributed by atoms with Crippen LogP contribution < -0.4 is 10.5 Å². The van der Waals surface area contributed by atoms with Gasteiger partial charge in [-0.3, -0.25) is 0 Å². The molecule has 112 valence electrons. The van der Waals surface area contributed by atoms with Crippen molar-refractivity contribution in [2.45, 2.75) is 12.8 Å². The van der Waals surface area contributed by atoms with Crippen molar-refractivity contribution in [3.8, 4) is 16.9 Å². The third-order valence-electron chi connectivity index (χ3n) is 2.84. The lowest BCUT2D eigenvalue weighted by Crippen LogP contribution is -2.17. The highest BCUT2D eigenvalue weighted by Crippen LogP contribution is 2.30. The Morgan fingerprint density at radius 3 is 2.48 bits per heavy atom. The zero-order valence-electron chi connectivity index (χ0n) is 11.0. The summed E-state index contributed by atoms with van der Waals surface area (Å²) in [6.45, 7) is 0.405. The van der Waals surface area contributed by atoms with Crippen molar-refractivity contribution < 1.29 is 22.3 Å². The highest BCUT2D eigenvalue weighted by Gasteiger charge is 2.31. The molecule has 0 fully saturated rings. The fourth-order valence-corrected chi connectivity index (χ4v) is 1.98. The topological polar surface area (TPSA) is 35.2 Å². The Balaban J connectivity index is 2.37. The second-order valence-corrected chi connectivity index (χ2v) is 4.43. The van der Waals surface area contributed by atoms with Gasteiger partial charge in [0.1, 0.15) is 11.6 Å². The van der Waals surface area contributed by atoms with E-state index in [1.807, 2.05) is 0 Å². The molecule has 0 bridgehead atoms. The molecule has 2 N–H and O–H groups in total. The van der Waals surface area contributed by atoms with Crippen molar-refractivity contribution in [3.63, 3.8) is 0 Å². The number of benzene rings is 2. The largest absolute Gasteiger partial charge is 0.573 e. The first-order valence-corrected chi connectivity index (χ1v) is 6.24. The lowest BCUT2D eigenvalue weighted by atomic mass is 10.0. The van der Waals surface area contributed by atoms with Crippen LogP contribution in [-0.4, -0.2) is 12.9 Å². The zero-order chi connectivity index (χ0) is 15.5. The Morgan fingerprint density at radius 2 is 1.81 bits per heavy atom. The molecular formula is C15H13F4NO. The van der Waals surface area contributed by atoms with Gasteiger partial charge in [0.2, 0.25) is 0 Å². The predicted octanol–water partition coefficient (Wildman–Crippen LogP) is 3.89. The normalized spacial score (nSPS) is 11.5. The second kappa shape index (κ2) is 6.13. The summed E-state index contributed by atoms with van der Waals surface area (Å²) in [6, 6.07) is 9.67. The van der Waals surface area contributed by atoms with Crippen molar-refractivity contribution in [3.05, 3.63) is 53.8 Å². The van der Waals surface area contributed by atoms with Crippen molar-refractivity contribution in [2.24, 2.45) is 5.73 Å². The van der Waals surface area contributed by atoms with Gasteiger partial charge >= 0.3 is 6.36 Å². The van der Waals surface area contributed by atoms with Gasteiger partial charge in [-0.25, -0.2) is 4.39 Å². The molecule has 0 saturated heterocycles. The van der Waals surface area contributed by atoms with Gasteiger partial charge in [-0.15, -0.1) is 13.2 Å². The van der Waals surface area contributed by atoms with E-state index in [4.69, 9.17) is 5.73 Å². The van der Waals surface area contributed by atoms with Gasteiger partial charge in [-0.05, 0) is 48.4 Å². The lowest BCUT2D eigenvalue weighted by Gasteiger charge is -2.11. The van der Waals surface area contributed by atoms with Crippen LogP contribution in [0.5, 0.6) is 5.75 Å². The van der Waals surface area contributed by atoms with E-state index in [9.17, 15) is 17.6 Å². The van der Waals surface area contributed by atoms with Crippen molar-refractivity contribution in [1.82, 2.24) is 0 Å². The minimum Gasteiger partial charge on any atom is -0.406 e. The molecule has 0 aromatic heterocycles. The Kier molecular flexibility index (Phi) is 4.47. The van der Waals surface area contributed by atoms with Crippen LogP contribution >= 0.6 is 0 Å². The SMILES string of the molecule is NCCc1ccc(F)c(-c2cccc(OC(F)(F)F)c2)c1. The van der Waals surface area contributed by atoms with Crippen LogP contribution in [0.2, 0.25) is 0 Å². The second-order valence-electron chi connectivity index (χ2n) is 4.43. The first-order valence-electron chi connectivity index (χ1n) is 6.24. The van der Waals surface area contributed by atoms with Crippen molar-refractivity contribution >= 4 is 0 Å². The van der Waals surface area contributed by atoms with E-state index < -0.39 is 12.2 Å². The van der Waals surface area contributed by atoms with Gasteiger partial charge < -0.3 is 10.5 Å². The fraction of sp³-hybridized carbons (Fsp3) is 0.200. The Hall–Kier alpha value is -2.08. The molecule has 2 aromatic rings. The summed E-state index contributed by atoms with van der Waals surface area (Å²) >= 11 is 0. The maximum absolute atomic E-state index is 13.9. The van der Waals surface area contributed by atoms with E-state index in [-0.39, 0.29) is 11.3 Å². The highest BCUT2D eigenvalue weighted by atomic mass is 19.4. The van der Waals surface area contributed by atoms with E-state index in [0.29, 0.717) is 18.5 Å². The molecule has 0 heterocycles. The number of hydrogen-bond acceptors (Lipinski definition) is 2. The minimum absolute atomic E-state index is 0.216. The molecule has 0 radical (unpaired) electrons. The number of ether oxygens (including phenoxy) is 1. The van der Waals surface area contributed by atoms with E-state index in [0.717, 1.165) is 11.6 Å². The summed E-state index contributed by atoms with van der Waals surface area (Å²) in [5.74, 6) is -0.899. The van der Waals surface area contributed by atoms with E-state index >= 15 is 0 Å². The molecule has 0 aliphatic heterocycles. The molecular weight excluding hydrogens is 286 g/mol. The average Bonchev–Trinajstić information content (AvgIpc) is 2.39. The maximum Gasteiger partial charge on any atom is 0.573 e. The Morgan fingerprint density at radius 1 is 1.05 bits per heavy atom. The van der Waals surface area contributed by atoms with Crippen molar-refractivity contribution in [2.75, 3.05) is 6.54 Å². The molecule has 21 heavy (non-hydrogen) atoms. The predicted molar refractivity (Wildman–Crippen MR) is 71.3 cm³/mol. The minimum atomic E-state index is -4.78. The molecule has 2 nitrogen and oxygen atoms in total. The molecule has 2 aromatic carbocycles. The van der Waals surface area contributed by atoms with Crippen LogP contribution in [-0.2, 0) is 6.42 Å². The number of rotatable bonds is 4. The summed E-state index contributed by atoms with van der Waals surface area (Å²) in [7, 11) is 0. The summed E-state index contributed by atoms with van der Waals surface area (Å²) in [5.41, 5.74) is 6.79. The maximum atomic E-state index is 13.9. The number of nitrogens with two attached hydrogens (primary N) is 1. The number of alkyl halides is 3. The van der Waals surface area contributed by atoms with E-state index in [1.165, 1.54) is 24.3 Å². The van der Waals surface area contributed by atoms with Crippen LogP contribution in [0, 0.1) is 5.82 Å². The third kappa shape index (κ3) is 4.19. The van der Waals surface area contributed by atoms with Crippen molar-refractivity contribution in [1.29, 1.82) is 0 Å². The van der Waals surface area contributed by atoms with E-state index in [1.54, 1.807) is 12.1 Å². The molecule has 0 aliphatic carbocycles. The number of halogens is 4. The fourth-order valence-electron chi connectivity index (χ4n) is 1.98. The molecule has 0 unspecified atom stereocenters. The highest BCUT2D eigenvalue weighted by molar-refractivity contribution is 5.66. The zero-order valence-corrected chi connectivity index (χ0v) is 11.0. The lowest BCUT2D eigenvalue weighted by molar-refractivity contribution is -0.274. The molecule has 0 amide bonds. The average molecular weight is 299 g/mol. The van der Waals surface area contributed by atoms with Crippen LogP contribution in [0.4, 0.5) is 17.6 Å². The van der Waals surface area contributed by atoms with Gasteiger partial charge in [0.05, 0.1) is 0 Å². The van der Waals surface area contributed by atoms with Crippen LogP contribution in [0.3, 0.4) is 0 Å². The molecule has 0 aliphatic rings.